The van der Waals surface area contributed by atoms with Crippen LogP contribution in [0.5, 0.6) is 5.75 Å². The summed E-state index contributed by atoms with van der Waals surface area (Å²) in [5.74, 6) is -0.832. The Balaban J connectivity index is 1.64. The van der Waals surface area contributed by atoms with Crippen molar-refractivity contribution < 1.29 is 24.0 Å². The maximum Gasteiger partial charge on any atom is 0.343 e. The Morgan fingerprint density at radius 2 is 1.21 bits per heavy atom. The van der Waals surface area contributed by atoms with Crippen molar-refractivity contribution in [2.75, 3.05) is 6.61 Å². The van der Waals surface area contributed by atoms with E-state index in [1.807, 2.05) is 0 Å². The third-order valence-corrected chi connectivity index (χ3v) is 5.35. The third kappa shape index (κ3) is 9.85. The molecule has 0 radical (unpaired) electrons. The van der Waals surface area contributed by atoms with Gasteiger partial charge in [0.05, 0.1) is 22.7 Å². The first kappa shape index (κ1) is 26.0. The molecule has 0 unspecified atom stereocenters. The van der Waals surface area contributed by atoms with Gasteiger partial charge in [0.15, 0.2) is 0 Å². The Kier molecular flexibility index (Phi) is 11.7. The summed E-state index contributed by atoms with van der Waals surface area (Å²) in [6.45, 7) is 2.61. The first-order chi connectivity index (χ1) is 16.0. The molecule has 2 aromatic rings. The molecule has 0 aromatic heterocycles. The molecule has 0 aliphatic heterocycles. The zero-order chi connectivity index (χ0) is 23.9. The molecule has 0 spiro atoms. The molecule has 2 rings (SSSR count). The van der Waals surface area contributed by atoms with Gasteiger partial charge in [0.1, 0.15) is 5.75 Å². The van der Waals surface area contributed by atoms with E-state index in [0.717, 1.165) is 19.3 Å². The quantitative estimate of drug-likeness (QED) is 0.0953. The Morgan fingerprint density at radius 1 is 0.727 bits per heavy atom. The summed E-state index contributed by atoms with van der Waals surface area (Å²) in [6.07, 6.45) is 12.2. The number of nitro benzene ring substituents is 1. The van der Waals surface area contributed by atoms with Crippen LogP contribution in [0.3, 0.4) is 0 Å². The number of hydrogen-bond donors (Lipinski definition) is 0. The summed E-state index contributed by atoms with van der Waals surface area (Å²) in [4.78, 5) is 34.5. The van der Waals surface area contributed by atoms with Crippen molar-refractivity contribution in [2.45, 2.75) is 71.1 Å². The van der Waals surface area contributed by atoms with Crippen LogP contribution in [0.1, 0.15) is 91.8 Å². The molecule has 0 fully saturated rings. The highest BCUT2D eigenvalue weighted by Crippen LogP contribution is 2.19. The van der Waals surface area contributed by atoms with Crippen LogP contribution < -0.4 is 4.74 Å². The molecule has 0 amide bonds. The molecule has 0 saturated heterocycles. The van der Waals surface area contributed by atoms with Gasteiger partial charge in [-0.05, 0) is 42.8 Å². The topological polar surface area (TPSA) is 95.7 Å². The maximum absolute atomic E-state index is 12.2. The highest BCUT2D eigenvalue weighted by Gasteiger charge is 2.13. The molecule has 0 saturated carbocycles. The van der Waals surface area contributed by atoms with E-state index in [0.29, 0.717) is 12.2 Å². The third-order valence-electron chi connectivity index (χ3n) is 5.35. The number of carbonyl (C=O) groups is 2. The molecule has 0 aliphatic carbocycles. The summed E-state index contributed by atoms with van der Waals surface area (Å²) < 4.78 is 10.5. The predicted molar refractivity (Wildman–Crippen MR) is 127 cm³/mol. The van der Waals surface area contributed by atoms with E-state index in [1.54, 1.807) is 0 Å². The minimum atomic E-state index is -0.617. The Bertz CT molecular complexity index is 877. The van der Waals surface area contributed by atoms with E-state index in [-0.39, 0.29) is 17.0 Å². The number of esters is 2. The fourth-order valence-electron chi connectivity index (χ4n) is 3.38. The lowest BCUT2D eigenvalue weighted by molar-refractivity contribution is -0.384. The van der Waals surface area contributed by atoms with Gasteiger partial charge in [-0.2, -0.15) is 0 Å². The zero-order valence-electron chi connectivity index (χ0n) is 19.3. The van der Waals surface area contributed by atoms with E-state index >= 15 is 0 Å². The molecule has 0 bridgehead atoms. The van der Waals surface area contributed by atoms with Gasteiger partial charge in [-0.3, -0.25) is 10.1 Å². The number of nitro groups is 1. The molecule has 33 heavy (non-hydrogen) atoms. The number of hydrogen-bond acceptors (Lipinski definition) is 6. The van der Waals surface area contributed by atoms with Crippen LogP contribution >= 0.6 is 0 Å². The van der Waals surface area contributed by atoms with Crippen molar-refractivity contribution >= 4 is 17.6 Å². The van der Waals surface area contributed by atoms with Crippen molar-refractivity contribution in [1.29, 1.82) is 0 Å². The number of carbonyl (C=O) groups excluding carboxylic acids is 2. The standard InChI is InChI=1S/C26H33NO6/c1-2-3-4-5-6-7-8-9-10-11-20-32-25(28)21-12-14-22(15-13-21)26(29)33-24-18-16-23(17-19-24)27(30)31/h12-19H,2-11,20H2,1H3. The van der Waals surface area contributed by atoms with Gasteiger partial charge in [-0.15, -0.1) is 0 Å². The minimum Gasteiger partial charge on any atom is -0.462 e. The summed E-state index contributed by atoms with van der Waals surface area (Å²) in [5, 5.41) is 10.7. The van der Waals surface area contributed by atoms with Crippen LogP contribution in [0.4, 0.5) is 5.69 Å². The van der Waals surface area contributed by atoms with Crippen LogP contribution in [0.2, 0.25) is 0 Å². The van der Waals surface area contributed by atoms with Gasteiger partial charge >= 0.3 is 11.9 Å². The van der Waals surface area contributed by atoms with Gasteiger partial charge < -0.3 is 9.47 Å². The highest BCUT2D eigenvalue weighted by molar-refractivity contribution is 5.94. The smallest absolute Gasteiger partial charge is 0.343 e. The predicted octanol–water partition coefficient (Wildman–Crippen LogP) is 6.89. The van der Waals surface area contributed by atoms with Gasteiger partial charge in [0.25, 0.3) is 5.69 Å². The number of rotatable bonds is 15. The van der Waals surface area contributed by atoms with Crippen molar-refractivity contribution in [3.63, 3.8) is 0 Å². The first-order valence-corrected chi connectivity index (χ1v) is 11.7. The largest absolute Gasteiger partial charge is 0.462 e. The molecule has 0 atom stereocenters. The first-order valence-electron chi connectivity index (χ1n) is 11.7. The second-order valence-electron chi connectivity index (χ2n) is 8.04. The van der Waals surface area contributed by atoms with Crippen LogP contribution in [0.25, 0.3) is 0 Å². The Hall–Kier alpha value is -3.22. The molecule has 178 valence electrons. The van der Waals surface area contributed by atoms with Crippen molar-refractivity contribution in [2.24, 2.45) is 0 Å². The monoisotopic (exact) mass is 455 g/mol. The van der Waals surface area contributed by atoms with Gasteiger partial charge in [0, 0.05) is 12.1 Å². The van der Waals surface area contributed by atoms with E-state index in [4.69, 9.17) is 9.47 Å². The molecule has 7 heteroatoms. The fraction of sp³-hybridized carbons (Fsp3) is 0.462. The SMILES string of the molecule is CCCCCCCCCCCCOC(=O)c1ccc(C(=O)Oc2ccc([N+](=O)[O-])cc2)cc1. The minimum absolute atomic E-state index is 0.0875. The molecule has 0 N–H and O–H groups in total. The normalized spacial score (nSPS) is 10.6. The second kappa shape index (κ2) is 14.8. The van der Waals surface area contributed by atoms with E-state index in [9.17, 15) is 19.7 Å². The van der Waals surface area contributed by atoms with Crippen LogP contribution in [0, 0.1) is 10.1 Å². The van der Waals surface area contributed by atoms with E-state index < -0.39 is 16.9 Å². The van der Waals surface area contributed by atoms with Gasteiger partial charge in [-0.1, -0.05) is 64.7 Å². The van der Waals surface area contributed by atoms with Crippen LogP contribution in [-0.4, -0.2) is 23.5 Å². The molecule has 0 heterocycles. The Labute approximate surface area is 195 Å². The van der Waals surface area contributed by atoms with Crippen LogP contribution in [-0.2, 0) is 4.74 Å². The van der Waals surface area contributed by atoms with Crippen molar-refractivity contribution in [3.05, 3.63) is 69.8 Å². The second-order valence-corrected chi connectivity index (χ2v) is 8.04. The lowest BCUT2D eigenvalue weighted by Gasteiger charge is -2.07. The van der Waals surface area contributed by atoms with Crippen molar-refractivity contribution in [1.82, 2.24) is 0 Å². The zero-order valence-corrected chi connectivity index (χ0v) is 19.3. The number of nitrogens with zero attached hydrogens (tertiary/aromatic N) is 1. The average Bonchev–Trinajstić information content (AvgIpc) is 2.82. The average molecular weight is 456 g/mol. The summed E-state index contributed by atoms with van der Waals surface area (Å²) in [7, 11) is 0. The lowest BCUT2D eigenvalue weighted by Crippen LogP contribution is -2.10. The number of ether oxygens (including phenoxy) is 2. The number of non-ortho nitro benzene ring substituents is 1. The number of benzene rings is 2. The molecule has 0 aliphatic rings. The van der Waals surface area contributed by atoms with E-state index in [2.05, 4.69) is 6.92 Å². The summed E-state index contributed by atoms with van der Waals surface area (Å²) >= 11 is 0. The molecule has 7 nitrogen and oxygen atoms in total. The molecule has 2 aromatic carbocycles. The summed E-state index contributed by atoms with van der Waals surface area (Å²) in [5.41, 5.74) is 0.545. The maximum atomic E-state index is 12.2. The Morgan fingerprint density at radius 3 is 1.73 bits per heavy atom. The van der Waals surface area contributed by atoms with Gasteiger partial charge in [-0.25, -0.2) is 9.59 Å². The molecular weight excluding hydrogens is 422 g/mol. The van der Waals surface area contributed by atoms with E-state index in [1.165, 1.54) is 93.5 Å². The van der Waals surface area contributed by atoms with Crippen LogP contribution in [0.15, 0.2) is 48.5 Å². The highest BCUT2D eigenvalue weighted by atomic mass is 16.6. The van der Waals surface area contributed by atoms with Gasteiger partial charge in [0.2, 0.25) is 0 Å². The summed E-state index contributed by atoms with van der Waals surface area (Å²) in [6, 6.07) is 11.3. The number of unbranched alkanes of at least 4 members (excludes halogenated alkanes) is 9. The fourth-order valence-corrected chi connectivity index (χ4v) is 3.38. The van der Waals surface area contributed by atoms with Crippen molar-refractivity contribution in [3.8, 4) is 5.75 Å². The molecular formula is C26H33NO6. The lowest BCUT2D eigenvalue weighted by atomic mass is 10.1.